The van der Waals surface area contributed by atoms with E-state index < -0.39 is 0 Å². The fraction of sp³-hybridized carbons (Fsp3) is 0.636. The van der Waals surface area contributed by atoms with Crippen LogP contribution < -0.4 is 5.73 Å². The van der Waals surface area contributed by atoms with Gasteiger partial charge in [-0.1, -0.05) is 13.8 Å². The molecule has 0 radical (unpaired) electrons. The van der Waals surface area contributed by atoms with Crippen molar-refractivity contribution in [2.45, 2.75) is 39.0 Å². The normalized spacial score (nSPS) is 20.9. The van der Waals surface area contributed by atoms with Gasteiger partial charge in [-0.3, -0.25) is 0 Å². The molecule has 1 atom stereocenters. The minimum absolute atomic E-state index is 0.556. The van der Waals surface area contributed by atoms with Gasteiger partial charge in [0.1, 0.15) is 12.1 Å². The lowest BCUT2D eigenvalue weighted by atomic mass is 9.79. The third-order valence-corrected chi connectivity index (χ3v) is 3.10. The minimum Gasteiger partial charge on any atom is -0.383 e. The van der Waals surface area contributed by atoms with Gasteiger partial charge in [-0.2, -0.15) is 0 Å². The van der Waals surface area contributed by atoms with Gasteiger partial charge in [0.2, 0.25) is 0 Å². The molecule has 3 heteroatoms. The van der Waals surface area contributed by atoms with Gasteiger partial charge in [0.25, 0.3) is 0 Å². The van der Waals surface area contributed by atoms with Crippen LogP contribution >= 0.6 is 0 Å². The molecule has 3 nitrogen and oxygen atoms in total. The average molecular weight is 191 g/mol. The van der Waals surface area contributed by atoms with Gasteiger partial charge in [-0.25, -0.2) is 9.97 Å². The highest BCUT2D eigenvalue weighted by Crippen LogP contribution is 2.37. The summed E-state index contributed by atoms with van der Waals surface area (Å²) < 4.78 is 0. The third kappa shape index (κ3) is 1.47. The number of aromatic nitrogens is 2. The molecular formula is C11H17N3. The van der Waals surface area contributed by atoms with E-state index in [1.165, 1.54) is 24.1 Å². The van der Waals surface area contributed by atoms with Crippen molar-refractivity contribution in [2.75, 3.05) is 5.73 Å². The Bertz CT molecular complexity index is 333. The quantitative estimate of drug-likeness (QED) is 0.739. The van der Waals surface area contributed by atoms with Crippen LogP contribution in [-0.4, -0.2) is 9.97 Å². The number of hydrogen-bond donors (Lipinski definition) is 1. The van der Waals surface area contributed by atoms with E-state index in [1.807, 2.05) is 0 Å². The van der Waals surface area contributed by atoms with Gasteiger partial charge in [0.15, 0.2) is 0 Å². The zero-order valence-corrected chi connectivity index (χ0v) is 8.83. The Morgan fingerprint density at radius 3 is 2.93 bits per heavy atom. The number of anilines is 1. The average Bonchev–Trinajstić information content (AvgIpc) is 2.17. The first-order valence-electron chi connectivity index (χ1n) is 5.29. The molecule has 0 amide bonds. The summed E-state index contributed by atoms with van der Waals surface area (Å²) in [5.74, 6) is 1.87. The summed E-state index contributed by atoms with van der Waals surface area (Å²) in [5, 5.41) is 0. The molecule has 0 spiro atoms. The zero-order valence-electron chi connectivity index (χ0n) is 8.83. The molecule has 1 aliphatic carbocycles. The molecule has 2 rings (SSSR count). The van der Waals surface area contributed by atoms with Crippen LogP contribution in [0, 0.1) is 5.92 Å². The molecule has 0 bridgehead atoms. The third-order valence-electron chi connectivity index (χ3n) is 3.10. The molecular weight excluding hydrogens is 174 g/mol. The lowest BCUT2D eigenvalue weighted by Crippen LogP contribution is -2.18. The molecule has 1 aromatic heterocycles. The molecule has 2 N–H and O–H groups in total. The Kier molecular flexibility index (Phi) is 2.40. The second-order valence-electron chi connectivity index (χ2n) is 4.36. The van der Waals surface area contributed by atoms with Crippen LogP contribution in [0.4, 0.5) is 5.82 Å². The van der Waals surface area contributed by atoms with Crippen molar-refractivity contribution in [1.82, 2.24) is 9.97 Å². The van der Waals surface area contributed by atoms with Crippen molar-refractivity contribution in [1.29, 1.82) is 0 Å². The number of fused-ring (bicyclic) bond motifs is 1. The molecule has 14 heavy (non-hydrogen) atoms. The number of nitrogen functional groups attached to an aromatic ring is 1. The molecule has 1 aromatic rings. The maximum absolute atomic E-state index is 5.92. The maximum atomic E-state index is 5.92. The van der Waals surface area contributed by atoms with Crippen molar-refractivity contribution in [2.24, 2.45) is 5.92 Å². The van der Waals surface area contributed by atoms with Crippen LogP contribution in [0.25, 0.3) is 0 Å². The zero-order chi connectivity index (χ0) is 10.1. The highest BCUT2D eigenvalue weighted by molar-refractivity contribution is 5.45. The van der Waals surface area contributed by atoms with Crippen molar-refractivity contribution < 1.29 is 0 Å². The van der Waals surface area contributed by atoms with E-state index in [2.05, 4.69) is 23.8 Å². The number of aryl methyl sites for hydroxylation is 1. The maximum Gasteiger partial charge on any atom is 0.130 e. The SMILES string of the molecule is CC(C)C1CCCc2ncnc(N)c21. The molecule has 0 saturated carbocycles. The summed E-state index contributed by atoms with van der Waals surface area (Å²) in [6.07, 6.45) is 5.09. The van der Waals surface area contributed by atoms with Gasteiger partial charge >= 0.3 is 0 Å². The second kappa shape index (κ2) is 3.56. The summed E-state index contributed by atoms with van der Waals surface area (Å²) in [7, 11) is 0. The van der Waals surface area contributed by atoms with E-state index in [0.717, 1.165) is 6.42 Å². The van der Waals surface area contributed by atoms with E-state index in [0.29, 0.717) is 17.7 Å². The van der Waals surface area contributed by atoms with Crippen LogP contribution in [0.15, 0.2) is 6.33 Å². The monoisotopic (exact) mass is 191 g/mol. The summed E-state index contributed by atoms with van der Waals surface area (Å²) >= 11 is 0. The molecule has 0 aliphatic heterocycles. The van der Waals surface area contributed by atoms with Crippen molar-refractivity contribution in [3.8, 4) is 0 Å². The molecule has 0 aromatic carbocycles. The Morgan fingerprint density at radius 1 is 1.43 bits per heavy atom. The number of nitrogens with zero attached hydrogens (tertiary/aromatic N) is 2. The number of nitrogens with two attached hydrogens (primary N) is 1. The summed E-state index contributed by atoms with van der Waals surface area (Å²) in [5.41, 5.74) is 8.30. The van der Waals surface area contributed by atoms with Gasteiger partial charge < -0.3 is 5.73 Å². The Labute approximate surface area is 84.8 Å². The second-order valence-corrected chi connectivity index (χ2v) is 4.36. The van der Waals surface area contributed by atoms with Gasteiger partial charge in [0.05, 0.1) is 0 Å². The predicted octanol–water partition coefficient (Wildman–Crippen LogP) is 2.13. The lowest BCUT2D eigenvalue weighted by Gasteiger charge is -2.28. The van der Waals surface area contributed by atoms with Crippen LogP contribution in [0.5, 0.6) is 0 Å². The summed E-state index contributed by atoms with van der Waals surface area (Å²) in [6.45, 7) is 4.48. The van der Waals surface area contributed by atoms with Gasteiger partial charge in [0, 0.05) is 11.3 Å². The minimum atomic E-state index is 0.556. The Balaban J connectivity index is 2.47. The summed E-state index contributed by atoms with van der Waals surface area (Å²) in [4.78, 5) is 8.41. The standard InChI is InChI=1S/C11H17N3/c1-7(2)8-4-3-5-9-10(8)11(12)14-6-13-9/h6-8H,3-5H2,1-2H3,(H2,12,13,14). The Hall–Kier alpha value is -1.12. The van der Waals surface area contributed by atoms with E-state index >= 15 is 0 Å². The fourth-order valence-corrected chi connectivity index (χ4v) is 2.35. The first-order valence-corrected chi connectivity index (χ1v) is 5.29. The van der Waals surface area contributed by atoms with E-state index in [1.54, 1.807) is 6.33 Å². The van der Waals surface area contributed by atoms with Crippen molar-refractivity contribution in [3.63, 3.8) is 0 Å². The molecule has 76 valence electrons. The van der Waals surface area contributed by atoms with Crippen LogP contribution in [0.3, 0.4) is 0 Å². The highest BCUT2D eigenvalue weighted by Gasteiger charge is 2.26. The number of hydrogen-bond acceptors (Lipinski definition) is 3. The van der Waals surface area contributed by atoms with Crippen LogP contribution in [0.1, 0.15) is 43.9 Å². The van der Waals surface area contributed by atoms with Crippen molar-refractivity contribution >= 4 is 5.82 Å². The smallest absolute Gasteiger partial charge is 0.130 e. The van der Waals surface area contributed by atoms with Crippen LogP contribution in [0.2, 0.25) is 0 Å². The highest BCUT2D eigenvalue weighted by atomic mass is 14.9. The van der Waals surface area contributed by atoms with Gasteiger partial charge in [-0.05, 0) is 31.1 Å². The largest absolute Gasteiger partial charge is 0.383 e. The lowest BCUT2D eigenvalue weighted by molar-refractivity contribution is 0.429. The van der Waals surface area contributed by atoms with Gasteiger partial charge in [-0.15, -0.1) is 0 Å². The molecule has 0 saturated heterocycles. The number of rotatable bonds is 1. The van der Waals surface area contributed by atoms with Crippen molar-refractivity contribution in [3.05, 3.63) is 17.6 Å². The Morgan fingerprint density at radius 2 is 2.21 bits per heavy atom. The summed E-state index contributed by atoms with van der Waals surface area (Å²) in [6, 6.07) is 0. The topological polar surface area (TPSA) is 51.8 Å². The van der Waals surface area contributed by atoms with Crippen LogP contribution in [-0.2, 0) is 6.42 Å². The molecule has 1 heterocycles. The predicted molar refractivity (Wildman–Crippen MR) is 57.0 cm³/mol. The molecule has 0 fully saturated rings. The molecule has 1 aliphatic rings. The first-order chi connectivity index (χ1) is 6.70. The first kappa shape index (κ1) is 9.44. The molecule has 1 unspecified atom stereocenters. The van der Waals surface area contributed by atoms with E-state index in [4.69, 9.17) is 5.73 Å². The fourth-order valence-electron chi connectivity index (χ4n) is 2.35. The van der Waals surface area contributed by atoms with E-state index in [-0.39, 0.29) is 0 Å². The van der Waals surface area contributed by atoms with E-state index in [9.17, 15) is 0 Å².